The van der Waals surface area contributed by atoms with E-state index in [0.29, 0.717) is 11.3 Å². The summed E-state index contributed by atoms with van der Waals surface area (Å²) in [5.74, 6) is -1.24. The summed E-state index contributed by atoms with van der Waals surface area (Å²) in [5, 5.41) is 8.70. The second-order valence-corrected chi connectivity index (χ2v) is 3.57. The first-order chi connectivity index (χ1) is 6.43. The maximum absolute atomic E-state index is 11.6. The number of aromatic nitrogens is 1. The Kier molecular flexibility index (Phi) is 2.74. The Balaban J connectivity index is 3.11. The van der Waals surface area contributed by atoms with Crippen molar-refractivity contribution >= 4 is 11.8 Å². The molecule has 1 aromatic heterocycles. The number of hydrogen-bond donors (Lipinski definition) is 2. The second kappa shape index (κ2) is 3.65. The minimum atomic E-state index is -1.05. The first-order valence-electron chi connectivity index (χ1n) is 4.40. The fourth-order valence-electron chi connectivity index (χ4n) is 1.22. The summed E-state index contributed by atoms with van der Waals surface area (Å²) >= 11 is 0. The second-order valence-electron chi connectivity index (χ2n) is 3.57. The predicted octanol–water partition coefficient (Wildman–Crippen LogP) is 1.86. The van der Waals surface area contributed by atoms with Gasteiger partial charge >= 0.3 is 5.97 Å². The Morgan fingerprint density at radius 3 is 2.36 bits per heavy atom. The number of aryl methyl sites for hydroxylation is 1. The van der Waals surface area contributed by atoms with Crippen molar-refractivity contribution in [3.63, 3.8) is 0 Å². The molecular weight excluding hydrogens is 182 g/mol. The van der Waals surface area contributed by atoms with Crippen LogP contribution < -0.4 is 0 Å². The van der Waals surface area contributed by atoms with Crippen molar-refractivity contribution in [1.29, 1.82) is 0 Å². The number of Topliss-reactive ketones (excluding diaryl/α,β-unsaturated/α-hetero) is 1. The van der Waals surface area contributed by atoms with E-state index in [1.165, 1.54) is 6.07 Å². The van der Waals surface area contributed by atoms with Crippen LogP contribution in [0.15, 0.2) is 6.07 Å². The Bertz CT molecular complexity index is 377. The number of rotatable bonds is 3. The lowest BCUT2D eigenvalue weighted by Gasteiger charge is -2.02. The first kappa shape index (κ1) is 10.5. The lowest BCUT2D eigenvalue weighted by Crippen LogP contribution is -2.09. The molecule has 4 nitrogen and oxygen atoms in total. The van der Waals surface area contributed by atoms with Gasteiger partial charge in [-0.3, -0.25) is 4.79 Å². The molecule has 0 aliphatic rings. The van der Waals surface area contributed by atoms with Gasteiger partial charge in [-0.05, 0) is 18.6 Å². The third-order valence-corrected chi connectivity index (χ3v) is 2.02. The number of aromatic carboxylic acids is 1. The van der Waals surface area contributed by atoms with E-state index in [1.807, 2.05) is 0 Å². The Hall–Kier alpha value is -1.58. The zero-order valence-corrected chi connectivity index (χ0v) is 8.42. The molecule has 0 saturated carbocycles. The van der Waals surface area contributed by atoms with E-state index in [2.05, 4.69) is 4.98 Å². The molecule has 2 N–H and O–H groups in total. The van der Waals surface area contributed by atoms with Crippen LogP contribution in [0.4, 0.5) is 0 Å². The van der Waals surface area contributed by atoms with Gasteiger partial charge in [-0.15, -0.1) is 0 Å². The van der Waals surface area contributed by atoms with E-state index in [4.69, 9.17) is 5.11 Å². The molecule has 0 aliphatic heterocycles. The van der Waals surface area contributed by atoms with E-state index in [-0.39, 0.29) is 17.4 Å². The van der Waals surface area contributed by atoms with Crippen LogP contribution in [-0.2, 0) is 0 Å². The molecule has 0 saturated heterocycles. The molecule has 0 fully saturated rings. The average Bonchev–Trinajstić information content (AvgIpc) is 2.46. The Morgan fingerprint density at radius 2 is 2.00 bits per heavy atom. The van der Waals surface area contributed by atoms with Gasteiger partial charge in [0.05, 0.1) is 5.69 Å². The van der Waals surface area contributed by atoms with Crippen LogP contribution in [0.1, 0.15) is 40.4 Å². The van der Waals surface area contributed by atoms with Crippen molar-refractivity contribution in [2.24, 2.45) is 5.92 Å². The van der Waals surface area contributed by atoms with Crippen molar-refractivity contribution in [2.75, 3.05) is 0 Å². The summed E-state index contributed by atoms with van der Waals surface area (Å²) in [6.07, 6.45) is 0. The van der Waals surface area contributed by atoms with Gasteiger partial charge in [-0.1, -0.05) is 13.8 Å². The molecule has 0 atom stereocenters. The van der Waals surface area contributed by atoms with Crippen molar-refractivity contribution in [3.05, 3.63) is 23.0 Å². The molecule has 1 aromatic rings. The highest BCUT2D eigenvalue weighted by molar-refractivity contribution is 5.99. The minimum absolute atomic E-state index is 0.0602. The predicted molar refractivity (Wildman–Crippen MR) is 51.7 cm³/mol. The van der Waals surface area contributed by atoms with E-state index in [1.54, 1.807) is 20.8 Å². The van der Waals surface area contributed by atoms with Crippen LogP contribution in [0, 0.1) is 12.8 Å². The standard InChI is InChI=1S/C10H13NO3/c1-5(2)9(12)8-6(3)4-7(11-8)10(13)14/h4-5,11H,1-3H3,(H,13,14). The summed E-state index contributed by atoms with van der Waals surface area (Å²) in [6, 6.07) is 1.47. The fourth-order valence-corrected chi connectivity index (χ4v) is 1.22. The van der Waals surface area contributed by atoms with Gasteiger partial charge in [-0.2, -0.15) is 0 Å². The van der Waals surface area contributed by atoms with Gasteiger partial charge in [0.2, 0.25) is 0 Å². The van der Waals surface area contributed by atoms with Crippen LogP contribution in [0.5, 0.6) is 0 Å². The number of carboxylic acids is 1. The number of hydrogen-bond acceptors (Lipinski definition) is 2. The topological polar surface area (TPSA) is 70.2 Å². The normalized spacial score (nSPS) is 10.6. The van der Waals surface area contributed by atoms with Crippen molar-refractivity contribution in [2.45, 2.75) is 20.8 Å². The molecular formula is C10H13NO3. The largest absolute Gasteiger partial charge is 0.477 e. The molecule has 0 aliphatic carbocycles. The summed E-state index contributed by atoms with van der Waals surface area (Å²) in [7, 11) is 0. The number of nitrogens with one attached hydrogen (secondary N) is 1. The number of aromatic amines is 1. The summed E-state index contributed by atoms with van der Waals surface area (Å²) < 4.78 is 0. The van der Waals surface area contributed by atoms with E-state index < -0.39 is 5.97 Å². The molecule has 0 bridgehead atoms. The van der Waals surface area contributed by atoms with Gasteiger partial charge < -0.3 is 10.1 Å². The molecule has 76 valence electrons. The smallest absolute Gasteiger partial charge is 0.352 e. The van der Waals surface area contributed by atoms with Crippen molar-refractivity contribution in [1.82, 2.24) is 4.98 Å². The van der Waals surface area contributed by atoms with Crippen molar-refractivity contribution < 1.29 is 14.7 Å². The number of carboxylic acid groups (broad SMARTS) is 1. The van der Waals surface area contributed by atoms with Gasteiger partial charge in [0.15, 0.2) is 5.78 Å². The summed E-state index contributed by atoms with van der Waals surface area (Å²) in [5.41, 5.74) is 1.14. The van der Waals surface area contributed by atoms with Crippen LogP contribution in [-0.4, -0.2) is 21.8 Å². The van der Waals surface area contributed by atoms with E-state index in [9.17, 15) is 9.59 Å². The highest BCUT2D eigenvalue weighted by Crippen LogP contribution is 2.14. The monoisotopic (exact) mass is 195 g/mol. The quantitative estimate of drug-likeness (QED) is 0.723. The van der Waals surface area contributed by atoms with E-state index >= 15 is 0 Å². The third kappa shape index (κ3) is 1.84. The number of carbonyl (C=O) groups excluding carboxylic acids is 1. The van der Waals surface area contributed by atoms with Gasteiger partial charge in [0.1, 0.15) is 5.69 Å². The Labute approximate surface area is 81.9 Å². The number of ketones is 1. The molecule has 1 rings (SSSR count). The highest BCUT2D eigenvalue weighted by Gasteiger charge is 2.17. The average molecular weight is 195 g/mol. The first-order valence-corrected chi connectivity index (χ1v) is 4.40. The van der Waals surface area contributed by atoms with Crippen molar-refractivity contribution in [3.8, 4) is 0 Å². The van der Waals surface area contributed by atoms with Crippen LogP contribution >= 0.6 is 0 Å². The van der Waals surface area contributed by atoms with Crippen LogP contribution in [0.2, 0.25) is 0 Å². The molecule has 0 radical (unpaired) electrons. The Morgan fingerprint density at radius 1 is 1.43 bits per heavy atom. The SMILES string of the molecule is Cc1cc(C(=O)O)[nH]c1C(=O)C(C)C. The fraction of sp³-hybridized carbons (Fsp3) is 0.400. The maximum atomic E-state index is 11.6. The molecule has 0 unspecified atom stereocenters. The van der Waals surface area contributed by atoms with Gasteiger partial charge in [0, 0.05) is 5.92 Å². The van der Waals surface area contributed by atoms with Gasteiger partial charge in [-0.25, -0.2) is 4.79 Å². The van der Waals surface area contributed by atoms with E-state index in [0.717, 1.165) is 0 Å². The van der Waals surface area contributed by atoms with Gasteiger partial charge in [0.25, 0.3) is 0 Å². The molecule has 0 aromatic carbocycles. The number of H-pyrrole nitrogens is 1. The molecule has 1 heterocycles. The van der Waals surface area contributed by atoms with Crippen LogP contribution in [0.3, 0.4) is 0 Å². The molecule has 0 spiro atoms. The highest BCUT2D eigenvalue weighted by atomic mass is 16.4. The maximum Gasteiger partial charge on any atom is 0.352 e. The summed E-state index contributed by atoms with van der Waals surface area (Å²) in [4.78, 5) is 24.8. The lowest BCUT2D eigenvalue weighted by molar-refractivity contribution is 0.0691. The number of carbonyl (C=O) groups is 2. The summed E-state index contributed by atoms with van der Waals surface area (Å²) in [6.45, 7) is 5.28. The lowest BCUT2D eigenvalue weighted by atomic mass is 10.0. The molecule has 0 amide bonds. The molecule has 14 heavy (non-hydrogen) atoms. The minimum Gasteiger partial charge on any atom is -0.477 e. The molecule has 4 heteroatoms. The third-order valence-electron chi connectivity index (χ3n) is 2.02. The zero-order valence-electron chi connectivity index (χ0n) is 8.42. The van der Waals surface area contributed by atoms with Crippen LogP contribution in [0.25, 0.3) is 0 Å². The zero-order chi connectivity index (χ0) is 10.9.